The predicted octanol–water partition coefficient (Wildman–Crippen LogP) is 1.84. The molecule has 0 atom stereocenters. The molecule has 0 N–H and O–H groups in total. The lowest BCUT2D eigenvalue weighted by atomic mass is 10.1. The van der Waals surface area contributed by atoms with Crippen molar-refractivity contribution in [2.24, 2.45) is 4.99 Å². The predicted molar refractivity (Wildman–Crippen MR) is 57.2 cm³/mol. The average Bonchev–Trinajstić information content (AvgIpc) is 2.29. The number of anilines is 1. The molecular formula is C11H9N3. The summed E-state index contributed by atoms with van der Waals surface area (Å²) in [5, 5.41) is 0. The van der Waals surface area contributed by atoms with Crippen molar-refractivity contribution in [3.63, 3.8) is 0 Å². The van der Waals surface area contributed by atoms with Crippen molar-refractivity contribution < 1.29 is 0 Å². The molecule has 1 aromatic rings. The molecule has 14 heavy (non-hydrogen) atoms. The Morgan fingerprint density at radius 2 is 2.29 bits per heavy atom. The highest BCUT2D eigenvalue weighted by atomic mass is 15.2. The molecule has 2 aliphatic rings. The van der Waals surface area contributed by atoms with Gasteiger partial charge in [0.05, 0.1) is 0 Å². The van der Waals surface area contributed by atoms with E-state index in [4.69, 9.17) is 0 Å². The molecule has 0 unspecified atom stereocenters. The molecule has 0 saturated heterocycles. The van der Waals surface area contributed by atoms with Crippen molar-refractivity contribution in [1.82, 2.24) is 4.98 Å². The van der Waals surface area contributed by atoms with Gasteiger partial charge < -0.3 is 4.90 Å². The van der Waals surface area contributed by atoms with E-state index in [1.54, 1.807) is 0 Å². The normalized spacial score (nSPS) is 17.4. The van der Waals surface area contributed by atoms with Gasteiger partial charge in [0.1, 0.15) is 11.7 Å². The first-order chi connectivity index (χ1) is 6.95. The van der Waals surface area contributed by atoms with Crippen LogP contribution in [0.25, 0.3) is 6.08 Å². The third-order valence-corrected chi connectivity index (χ3v) is 2.36. The number of aromatic nitrogens is 1. The van der Waals surface area contributed by atoms with Crippen LogP contribution in [-0.2, 0) is 0 Å². The second-order valence-electron chi connectivity index (χ2n) is 3.23. The SMILES string of the molecule is C1=CN=C2C=Cc3cccnc3N2C1. The van der Waals surface area contributed by atoms with Crippen LogP contribution in [0.4, 0.5) is 5.82 Å². The number of rotatable bonds is 0. The fourth-order valence-electron chi connectivity index (χ4n) is 1.70. The Morgan fingerprint density at radius 1 is 1.29 bits per heavy atom. The summed E-state index contributed by atoms with van der Waals surface area (Å²) in [4.78, 5) is 10.8. The van der Waals surface area contributed by atoms with Gasteiger partial charge in [0.25, 0.3) is 0 Å². The summed E-state index contributed by atoms with van der Waals surface area (Å²) in [5.41, 5.74) is 1.15. The lowest BCUT2D eigenvalue weighted by Crippen LogP contribution is -2.34. The first-order valence-corrected chi connectivity index (χ1v) is 4.58. The topological polar surface area (TPSA) is 28.5 Å². The monoisotopic (exact) mass is 183 g/mol. The fourth-order valence-corrected chi connectivity index (χ4v) is 1.70. The van der Waals surface area contributed by atoms with Gasteiger partial charge >= 0.3 is 0 Å². The maximum atomic E-state index is 4.36. The molecule has 0 saturated carbocycles. The van der Waals surface area contributed by atoms with Crippen molar-refractivity contribution in [1.29, 1.82) is 0 Å². The molecule has 3 rings (SSSR count). The van der Waals surface area contributed by atoms with Gasteiger partial charge in [0, 0.05) is 24.5 Å². The largest absolute Gasteiger partial charge is 0.307 e. The van der Waals surface area contributed by atoms with Crippen molar-refractivity contribution in [3.8, 4) is 0 Å². The summed E-state index contributed by atoms with van der Waals surface area (Å²) in [6, 6.07) is 4.01. The molecule has 3 nitrogen and oxygen atoms in total. The van der Waals surface area contributed by atoms with Gasteiger partial charge in [-0.05, 0) is 30.4 Å². The van der Waals surface area contributed by atoms with Crippen LogP contribution < -0.4 is 4.90 Å². The summed E-state index contributed by atoms with van der Waals surface area (Å²) in [5.74, 6) is 1.97. The highest BCUT2D eigenvalue weighted by Gasteiger charge is 2.19. The van der Waals surface area contributed by atoms with Crippen LogP contribution in [0.5, 0.6) is 0 Å². The van der Waals surface area contributed by atoms with E-state index in [-0.39, 0.29) is 0 Å². The molecular weight excluding hydrogens is 174 g/mol. The summed E-state index contributed by atoms with van der Waals surface area (Å²) in [6.07, 6.45) is 9.75. The Labute approximate surface area is 82.1 Å². The smallest absolute Gasteiger partial charge is 0.141 e. The first-order valence-electron chi connectivity index (χ1n) is 4.58. The van der Waals surface area contributed by atoms with Gasteiger partial charge in [0.15, 0.2) is 0 Å². The van der Waals surface area contributed by atoms with Crippen LogP contribution in [-0.4, -0.2) is 17.4 Å². The van der Waals surface area contributed by atoms with Gasteiger partial charge in [-0.1, -0.05) is 0 Å². The van der Waals surface area contributed by atoms with E-state index in [1.165, 1.54) is 0 Å². The third kappa shape index (κ3) is 0.988. The average molecular weight is 183 g/mol. The molecule has 68 valence electrons. The highest BCUT2D eigenvalue weighted by Crippen LogP contribution is 2.24. The Bertz CT molecular complexity index is 457. The van der Waals surface area contributed by atoms with Crippen molar-refractivity contribution in [2.45, 2.75) is 0 Å². The minimum atomic E-state index is 0.854. The van der Waals surface area contributed by atoms with Crippen LogP contribution >= 0.6 is 0 Å². The summed E-state index contributed by atoms with van der Waals surface area (Å²) in [6.45, 7) is 0.854. The maximum absolute atomic E-state index is 4.36. The van der Waals surface area contributed by atoms with Crippen molar-refractivity contribution in [2.75, 3.05) is 11.4 Å². The Morgan fingerprint density at radius 3 is 3.29 bits per heavy atom. The van der Waals surface area contributed by atoms with Gasteiger partial charge in [0.2, 0.25) is 0 Å². The van der Waals surface area contributed by atoms with Crippen LogP contribution in [0.15, 0.2) is 41.7 Å². The van der Waals surface area contributed by atoms with E-state index in [2.05, 4.69) is 27.0 Å². The Hall–Kier alpha value is -1.90. The summed E-state index contributed by atoms with van der Waals surface area (Å²) < 4.78 is 0. The molecule has 0 spiro atoms. The number of pyridine rings is 1. The zero-order valence-electron chi connectivity index (χ0n) is 7.59. The standard InChI is InChI=1S/C11H9N3/c1-3-9-4-5-10-12-7-2-8-14(10)11(9)13-6-1/h1-7H,8H2. The molecule has 0 aliphatic carbocycles. The number of amidine groups is 1. The Kier molecular flexibility index (Phi) is 1.50. The van der Waals surface area contributed by atoms with Gasteiger partial charge in [-0.25, -0.2) is 9.98 Å². The number of hydrogen-bond acceptors (Lipinski definition) is 3. The summed E-state index contributed by atoms with van der Waals surface area (Å²) >= 11 is 0. The van der Waals surface area contributed by atoms with Crippen LogP contribution in [0, 0.1) is 0 Å². The zero-order chi connectivity index (χ0) is 9.38. The fraction of sp³-hybridized carbons (Fsp3) is 0.0909. The number of hydrogen-bond donors (Lipinski definition) is 0. The molecule has 0 amide bonds. The number of fused-ring (bicyclic) bond motifs is 3. The lowest BCUT2D eigenvalue weighted by Gasteiger charge is -2.28. The maximum Gasteiger partial charge on any atom is 0.141 e. The quantitative estimate of drug-likeness (QED) is 0.614. The van der Waals surface area contributed by atoms with Crippen LogP contribution in [0.1, 0.15) is 5.56 Å². The molecule has 3 heterocycles. The number of nitrogens with zero attached hydrogens (tertiary/aromatic N) is 3. The van der Waals surface area contributed by atoms with E-state index in [0.717, 1.165) is 23.8 Å². The molecule has 3 heteroatoms. The number of aliphatic imine (C=N–C) groups is 1. The zero-order valence-corrected chi connectivity index (χ0v) is 7.59. The van der Waals surface area contributed by atoms with Gasteiger partial charge in [-0.2, -0.15) is 0 Å². The molecule has 0 radical (unpaired) electrons. The third-order valence-electron chi connectivity index (χ3n) is 2.36. The van der Waals surface area contributed by atoms with Crippen molar-refractivity contribution in [3.05, 3.63) is 42.2 Å². The molecule has 0 aromatic carbocycles. The van der Waals surface area contributed by atoms with Crippen LogP contribution in [0.3, 0.4) is 0 Å². The van der Waals surface area contributed by atoms with Crippen LogP contribution in [0.2, 0.25) is 0 Å². The molecule has 2 aliphatic heterocycles. The lowest BCUT2D eigenvalue weighted by molar-refractivity contribution is 1.05. The van der Waals surface area contributed by atoms with E-state index >= 15 is 0 Å². The Balaban J connectivity index is 2.18. The second kappa shape index (κ2) is 2.80. The van der Waals surface area contributed by atoms with Gasteiger partial charge in [-0.3, -0.25) is 0 Å². The van der Waals surface area contributed by atoms with E-state index in [1.807, 2.05) is 30.6 Å². The van der Waals surface area contributed by atoms with Crippen molar-refractivity contribution >= 4 is 17.7 Å². The second-order valence-corrected chi connectivity index (χ2v) is 3.23. The minimum absolute atomic E-state index is 0.854. The summed E-state index contributed by atoms with van der Waals surface area (Å²) in [7, 11) is 0. The molecule has 1 aromatic heterocycles. The van der Waals surface area contributed by atoms with E-state index in [0.29, 0.717) is 0 Å². The van der Waals surface area contributed by atoms with E-state index in [9.17, 15) is 0 Å². The molecule has 0 bridgehead atoms. The highest BCUT2D eigenvalue weighted by molar-refractivity contribution is 6.12. The first kappa shape index (κ1) is 7.50. The minimum Gasteiger partial charge on any atom is -0.307 e. The van der Waals surface area contributed by atoms with Gasteiger partial charge in [-0.15, -0.1) is 0 Å². The molecule has 0 fully saturated rings. The van der Waals surface area contributed by atoms with E-state index < -0.39 is 0 Å².